The number of nitrogens with two attached hydrogens (primary N) is 1. The molecule has 0 aliphatic carbocycles. The number of carbonyl (C=O) groups is 1. The number of rotatable bonds is 4. The molecular weight excluding hydrogens is 212 g/mol. The second-order valence-electron chi connectivity index (χ2n) is 4.00. The number of nitrogens with zero attached hydrogens (tertiary/aromatic N) is 1. The highest BCUT2D eigenvalue weighted by atomic mass is 16.2. The molecule has 0 saturated heterocycles. The van der Waals surface area contributed by atoms with Crippen LogP contribution in [-0.2, 0) is 0 Å². The van der Waals surface area contributed by atoms with Crippen LogP contribution in [0, 0.1) is 19.3 Å². The van der Waals surface area contributed by atoms with Crippen LogP contribution in [0.1, 0.15) is 29.3 Å². The van der Waals surface area contributed by atoms with Crippen molar-refractivity contribution in [2.75, 3.05) is 18.8 Å². The average Bonchev–Trinajstić information content (AvgIpc) is 2.31. The van der Waals surface area contributed by atoms with E-state index in [0.717, 1.165) is 12.0 Å². The molecule has 1 aromatic carbocycles. The van der Waals surface area contributed by atoms with Gasteiger partial charge in [-0.2, -0.15) is 0 Å². The average molecular weight is 230 g/mol. The predicted octanol–water partition coefficient (Wildman–Crippen LogP) is 2.06. The number of terminal acetylenes is 1. The van der Waals surface area contributed by atoms with Gasteiger partial charge in [-0.1, -0.05) is 12.8 Å². The van der Waals surface area contributed by atoms with Crippen LogP contribution in [-0.4, -0.2) is 23.9 Å². The molecule has 3 heteroatoms. The molecule has 3 nitrogen and oxygen atoms in total. The summed E-state index contributed by atoms with van der Waals surface area (Å²) in [5.74, 6) is 2.48. The van der Waals surface area contributed by atoms with Gasteiger partial charge in [0.25, 0.3) is 5.91 Å². The van der Waals surface area contributed by atoms with Crippen LogP contribution < -0.4 is 5.73 Å². The minimum Gasteiger partial charge on any atom is -0.399 e. The fourth-order valence-electron chi connectivity index (χ4n) is 1.62. The first-order valence-electron chi connectivity index (χ1n) is 5.69. The Bertz CT molecular complexity index is 446. The Labute approximate surface area is 103 Å². The van der Waals surface area contributed by atoms with E-state index in [9.17, 15) is 4.79 Å². The molecule has 1 rings (SSSR count). The normalized spacial score (nSPS) is 9.71. The van der Waals surface area contributed by atoms with Gasteiger partial charge in [0, 0.05) is 17.8 Å². The van der Waals surface area contributed by atoms with Crippen molar-refractivity contribution in [3.63, 3.8) is 0 Å². The molecule has 17 heavy (non-hydrogen) atoms. The summed E-state index contributed by atoms with van der Waals surface area (Å²) in [5, 5.41) is 0. The molecule has 0 unspecified atom stereocenters. The summed E-state index contributed by atoms with van der Waals surface area (Å²) >= 11 is 0. The van der Waals surface area contributed by atoms with Gasteiger partial charge in [0.05, 0.1) is 6.54 Å². The van der Waals surface area contributed by atoms with E-state index < -0.39 is 0 Å². The lowest BCUT2D eigenvalue weighted by atomic mass is 10.1. The number of aryl methyl sites for hydroxylation is 1. The Hall–Kier alpha value is -1.95. The van der Waals surface area contributed by atoms with Gasteiger partial charge in [0.2, 0.25) is 0 Å². The van der Waals surface area contributed by atoms with Gasteiger partial charge in [-0.15, -0.1) is 6.42 Å². The van der Waals surface area contributed by atoms with E-state index in [2.05, 4.69) is 5.92 Å². The first-order chi connectivity index (χ1) is 8.10. The number of hydrogen-bond acceptors (Lipinski definition) is 2. The molecule has 1 aromatic rings. The number of hydrogen-bond donors (Lipinski definition) is 1. The van der Waals surface area contributed by atoms with Crippen LogP contribution >= 0.6 is 0 Å². The monoisotopic (exact) mass is 230 g/mol. The smallest absolute Gasteiger partial charge is 0.254 e. The molecule has 1 amide bonds. The molecule has 0 spiro atoms. The highest BCUT2D eigenvalue weighted by Crippen LogP contribution is 2.14. The third-order valence-electron chi connectivity index (χ3n) is 2.58. The van der Waals surface area contributed by atoms with Crippen molar-refractivity contribution in [1.29, 1.82) is 0 Å². The number of nitrogen functional groups attached to an aromatic ring is 1. The summed E-state index contributed by atoms with van der Waals surface area (Å²) < 4.78 is 0. The summed E-state index contributed by atoms with van der Waals surface area (Å²) in [4.78, 5) is 13.8. The van der Waals surface area contributed by atoms with Crippen molar-refractivity contribution in [2.45, 2.75) is 20.3 Å². The van der Waals surface area contributed by atoms with Crippen molar-refractivity contribution in [3.8, 4) is 12.3 Å². The Morgan fingerprint density at radius 3 is 2.76 bits per heavy atom. The molecule has 0 heterocycles. The second-order valence-corrected chi connectivity index (χ2v) is 4.00. The zero-order valence-electron chi connectivity index (χ0n) is 10.4. The van der Waals surface area contributed by atoms with E-state index in [4.69, 9.17) is 12.2 Å². The molecule has 90 valence electrons. The molecular formula is C14H18N2O. The van der Waals surface area contributed by atoms with Crippen molar-refractivity contribution in [3.05, 3.63) is 29.3 Å². The van der Waals surface area contributed by atoms with Gasteiger partial charge in [0.15, 0.2) is 0 Å². The van der Waals surface area contributed by atoms with E-state index in [-0.39, 0.29) is 5.91 Å². The minimum absolute atomic E-state index is 0.0344. The Morgan fingerprint density at radius 2 is 2.24 bits per heavy atom. The second kappa shape index (κ2) is 5.95. The molecule has 0 fully saturated rings. The van der Waals surface area contributed by atoms with E-state index >= 15 is 0 Å². The highest BCUT2D eigenvalue weighted by Gasteiger charge is 2.14. The summed E-state index contributed by atoms with van der Waals surface area (Å²) in [6.07, 6.45) is 6.16. The molecule has 0 bridgehead atoms. The van der Waals surface area contributed by atoms with Crippen LogP contribution in [0.4, 0.5) is 5.69 Å². The molecule has 0 radical (unpaired) electrons. The van der Waals surface area contributed by atoms with Crippen molar-refractivity contribution >= 4 is 11.6 Å². The van der Waals surface area contributed by atoms with Crippen molar-refractivity contribution in [2.24, 2.45) is 0 Å². The van der Waals surface area contributed by atoms with Crippen LogP contribution in [0.2, 0.25) is 0 Å². The number of amides is 1. The SMILES string of the molecule is C#CCN(CCC)C(=O)c1ccc(N)c(C)c1. The summed E-state index contributed by atoms with van der Waals surface area (Å²) in [7, 11) is 0. The Balaban J connectivity index is 2.93. The first kappa shape index (κ1) is 13.1. The van der Waals surface area contributed by atoms with E-state index in [0.29, 0.717) is 24.3 Å². The molecule has 0 aliphatic heterocycles. The molecule has 0 atom stereocenters. The number of carbonyl (C=O) groups excluding carboxylic acids is 1. The van der Waals surface area contributed by atoms with Crippen LogP contribution in [0.25, 0.3) is 0 Å². The topological polar surface area (TPSA) is 46.3 Å². The summed E-state index contributed by atoms with van der Waals surface area (Å²) in [6, 6.07) is 5.29. The number of benzene rings is 1. The zero-order valence-corrected chi connectivity index (χ0v) is 10.4. The van der Waals surface area contributed by atoms with Crippen molar-refractivity contribution in [1.82, 2.24) is 4.90 Å². The van der Waals surface area contributed by atoms with Crippen LogP contribution in [0.3, 0.4) is 0 Å². The molecule has 2 N–H and O–H groups in total. The third kappa shape index (κ3) is 3.25. The van der Waals surface area contributed by atoms with Gasteiger partial charge in [-0.25, -0.2) is 0 Å². The maximum Gasteiger partial charge on any atom is 0.254 e. The van der Waals surface area contributed by atoms with E-state index in [1.807, 2.05) is 13.8 Å². The lowest BCUT2D eigenvalue weighted by Gasteiger charge is -2.19. The van der Waals surface area contributed by atoms with Gasteiger partial charge < -0.3 is 10.6 Å². The highest BCUT2D eigenvalue weighted by molar-refractivity contribution is 5.95. The Kier molecular flexibility index (Phi) is 4.59. The zero-order chi connectivity index (χ0) is 12.8. The fourth-order valence-corrected chi connectivity index (χ4v) is 1.62. The maximum atomic E-state index is 12.2. The summed E-state index contributed by atoms with van der Waals surface area (Å²) in [5.41, 5.74) is 7.97. The quantitative estimate of drug-likeness (QED) is 0.635. The first-order valence-corrected chi connectivity index (χ1v) is 5.69. The van der Waals surface area contributed by atoms with Gasteiger partial charge in [0.1, 0.15) is 0 Å². The van der Waals surface area contributed by atoms with Gasteiger partial charge in [-0.05, 0) is 37.1 Å². The van der Waals surface area contributed by atoms with E-state index in [1.165, 1.54) is 0 Å². The van der Waals surface area contributed by atoms with Crippen LogP contribution in [0.15, 0.2) is 18.2 Å². The Morgan fingerprint density at radius 1 is 1.53 bits per heavy atom. The molecule has 0 saturated carbocycles. The largest absolute Gasteiger partial charge is 0.399 e. The lowest BCUT2D eigenvalue weighted by molar-refractivity contribution is 0.0777. The minimum atomic E-state index is -0.0344. The molecule has 0 aliphatic rings. The number of anilines is 1. The third-order valence-corrected chi connectivity index (χ3v) is 2.58. The lowest BCUT2D eigenvalue weighted by Crippen LogP contribution is -2.32. The van der Waals surface area contributed by atoms with Crippen LogP contribution in [0.5, 0.6) is 0 Å². The standard InChI is InChI=1S/C14H18N2O/c1-4-8-16(9-5-2)14(17)12-6-7-13(15)11(3)10-12/h1,6-7,10H,5,8-9,15H2,2-3H3. The van der Waals surface area contributed by atoms with Crippen molar-refractivity contribution < 1.29 is 4.79 Å². The predicted molar refractivity (Wildman–Crippen MR) is 70.6 cm³/mol. The molecule has 0 aromatic heterocycles. The maximum absolute atomic E-state index is 12.2. The fraction of sp³-hybridized carbons (Fsp3) is 0.357. The summed E-state index contributed by atoms with van der Waals surface area (Å²) in [6.45, 7) is 4.92. The van der Waals surface area contributed by atoms with E-state index in [1.54, 1.807) is 23.1 Å². The van der Waals surface area contributed by atoms with Gasteiger partial charge in [-0.3, -0.25) is 4.79 Å². The van der Waals surface area contributed by atoms with Gasteiger partial charge >= 0.3 is 0 Å².